The topological polar surface area (TPSA) is 43.1 Å². The van der Waals surface area contributed by atoms with E-state index in [2.05, 4.69) is 0 Å². The first-order valence-corrected chi connectivity index (χ1v) is 5.08. The van der Waals surface area contributed by atoms with E-state index < -0.39 is 0 Å². The lowest BCUT2D eigenvalue weighted by atomic mass is 9.99. The molecular weight excluding hydrogens is 198 g/mol. The molecule has 2 N–H and O–H groups in total. The first kappa shape index (κ1) is 11.1. The van der Waals surface area contributed by atoms with Gasteiger partial charge in [-0.3, -0.25) is 4.79 Å². The Bertz CT molecular complexity index is 361. The largest absolute Gasteiger partial charge is 0.398 e. The number of rotatable bonds is 3. The molecular formula is C11H14ClNO. The van der Waals surface area contributed by atoms with Gasteiger partial charge in [-0.1, -0.05) is 25.4 Å². The van der Waals surface area contributed by atoms with Crippen LogP contribution in [0.2, 0.25) is 5.02 Å². The van der Waals surface area contributed by atoms with Crippen molar-refractivity contribution in [3.05, 3.63) is 27.8 Å². The van der Waals surface area contributed by atoms with Crippen molar-refractivity contribution in [2.45, 2.75) is 26.7 Å². The molecule has 2 nitrogen and oxygen atoms in total. The van der Waals surface area contributed by atoms with Crippen LogP contribution in [0.3, 0.4) is 0 Å². The first-order valence-electron chi connectivity index (χ1n) is 4.70. The van der Waals surface area contributed by atoms with E-state index in [-0.39, 0.29) is 0 Å². The Morgan fingerprint density at radius 1 is 1.43 bits per heavy atom. The van der Waals surface area contributed by atoms with Crippen LogP contribution in [-0.4, -0.2) is 6.29 Å². The van der Waals surface area contributed by atoms with Crippen LogP contribution in [0, 0.1) is 0 Å². The Labute approximate surface area is 89.1 Å². The number of anilines is 1. The summed E-state index contributed by atoms with van der Waals surface area (Å²) in [6, 6.07) is 1.84. The van der Waals surface area contributed by atoms with Gasteiger partial charge in [0.25, 0.3) is 0 Å². The molecule has 0 aromatic heterocycles. The second-order valence-corrected chi connectivity index (χ2v) is 3.53. The quantitative estimate of drug-likeness (QED) is 0.617. The minimum Gasteiger partial charge on any atom is -0.398 e. The van der Waals surface area contributed by atoms with E-state index in [1.54, 1.807) is 0 Å². The standard InChI is InChI=1S/C11H14ClNO/c1-3-7-5-10(13)9(6-14)11(12)8(7)4-2/h5-6H,3-4,13H2,1-2H3. The second kappa shape index (κ2) is 4.47. The van der Waals surface area contributed by atoms with Crippen molar-refractivity contribution >= 4 is 23.6 Å². The van der Waals surface area contributed by atoms with Gasteiger partial charge in [0, 0.05) is 5.69 Å². The predicted molar refractivity (Wildman–Crippen MR) is 60.0 cm³/mol. The molecule has 0 aliphatic heterocycles. The van der Waals surface area contributed by atoms with E-state index in [1.807, 2.05) is 19.9 Å². The molecule has 0 saturated carbocycles. The fraction of sp³-hybridized carbons (Fsp3) is 0.364. The van der Waals surface area contributed by atoms with Gasteiger partial charge in [-0.15, -0.1) is 0 Å². The summed E-state index contributed by atoms with van der Waals surface area (Å²) in [4.78, 5) is 10.8. The SMILES string of the molecule is CCc1cc(N)c(C=O)c(Cl)c1CC. The van der Waals surface area contributed by atoms with Crippen LogP contribution < -0.4 is 5.73 Å². The number of benzene rings is 1. The number of carbonyl (C=O) groups is 1. The molecule has 0 bridgehead atoms. The molecule has 0 amide bonds. The highest BCUT2D eigenvalue weighted by Gasteiger charge is 2.12. The Balaban J connectivity index is 3.46. The monoisotopic (exact) mass is 211 g/mol. The van der Waals surface area contributed by atoms with Crippen molar-refractivity contribution < 1.29 is 4.79 Å². The molecule has 3 heteroatoms. The third-order valence-electron chi connectivity index (χ3n) is 2.38. The average molecular weight is 212 g/mol. The van der Waals surface area contributed by atoms with Crippen molar-refractivity contribution in [3.8, 4) is 0 Å². The first-order chi connectivity index (χ1) is 6.65. The summed E-state index contributed by atoms with van der Waals surface area (Å²) in [6.45, 7) is 4.07. The van der Waals surface area contributed by atoms with Crippen molar-refractivity contribution in [1.82, 2.24) is 0 Å². The van der Waals surface area contributed by atoms with Gasteiger partial charge in [0.1, 0.15) is 0 Å². The highest BCUT2D eigenvalue weighted by atomic mass is 35.5. The van der Waals surface area contributed by atoms with Gasteiger partial charge in [0.15, 0.2) is 6.29 Å². The maximum Gasteiger partial charge on any atom is 0.153 e. The van der Waals surface area contributed by atoms with Crippen LogP contribution in [0.5, 0.6) is 0 Å². The number of halogens is 1. The highest BCUT2D eigenvalue weighted by molar-refractivity contribution is 6.34. The molecule has 0 spiro atoms. The van der Waals surface area contributed by atoms with Crippen LogP contribution in [0.25, 0.3) is 0 Å². The lowest BCUT2D eigenvalue weighted by molar-refractivity contribution is 0.112. The molecule has 1 aromatic carbocycles. The van der Waals surface area contributed by atoms with E-state index in [4.69, 9.17) is 17.3 Å². The smallest absolute Gasteiger partial charge is 0.153 e. The van der Waals surface area contributed by atoms with Crippen LogP contribution in [0.4, 0.5) is 5.69 Å². The fourth-order valence-electron chi connectivity index (χ4n) is 1.60. The Hall–Kier alpha value is -1.02. The van der Waals surface area contributed by atoms with Crippen molar-refractivity contribution in [2.75, 3.05) is 5.73 Å². The summed E-state index contributed by atoms with van der Waals surface area (Å²) in [5.41, 5.74) is 8.76. The number of aldehydes is 1. The number of hydrogen-bond acceptors (Lipinski definition) is 2. The summed E-state index contributed by atoms with van der Waals surface area (Å²) in [5, 5.41) is 0.513. The summed E-state index contributed by atoms with van der Waals surface area (Å²) in [7, 11) is 0. The molecule has 0 heterocycles. The van der Waals surface area contributed by atoms with Crippen LogP contribution in [-0.2, 0) is 12.8 Å². The van der Waals surface area contributed by atoms with Gasteiger partial charge in [0.2, 0.25) is 0 Å². The lowest BCUT2D eigenvalue weighted by Crippen LogP contribution is -2.01. The zero-order valence-electron chi connectivity index (χ0n) is 8.43. The van der Waals surface area contributed by atoms with Crippen molar-refractivity contribution in [2.24, 2.45) is 0 Å². The fourth-order valence-corrected chi connectivity index (χ4v) is 2.01. The molecule has 1 aromatic rings. The van der Waals surface area contributed by atoms with Crippen LogP contribution in [0.15, 0.2) is 6.07 Å². The molecule has 0 fully saturated rings. The maximum absolute atomic E-state index is 10.8. The number of hydrogen-bond donors (Lipinski definition) is 1. The van der Waals surface area contributed by atoms with Gasteiger partial charge < -0.3 is 5.73 Å². The molecule has 76 valence electrons. The molecule has 1 rings (SSSR count). The predicted octanol–water partition coefficient (Wildman–Crippen LogP) is 2.86. The maximum atomic E-state index is 10.8. The molecule has 0 radical (unpaired) electrons. The van der Waals surface area contributed by atoms with E-state index in [9.17, 15) is 4.79 Å². The third-order valence-corrected chi connectivity index (χ3v) is 2.81. The molecule has 0 unspecified atom stereocenters. The Morgan fingerprint density at radius 3 is 2.50 bits per heavy atom. The molecule has 0 atom stereocenters. The van der Waals surface area contributed by atoms with E-state index in [1.165, 1.54) is 0 Å². The number of nitrogen functional groups attached to an aromatic ring is 1. The van der Waals surface area contributed by atoms with E-state index in [0.717, 1.165) is 30.3 Å². The average Bonchev–Trinajstić information content (AvgIpc) is 2.17. The summed E-state index contributed by atoms with van der Waals surface area (Å²) >= 11 is 6.09. The Morgan fingerprint density at radius 2 is 2.07 bits per heavy atom. The second-order valence-electron chi connectivity index (χ2n) is 3.16. The third kappa shape index (κ3) is 1.75. The summed E-state index contributed by atoms with van der Waals surface area (Å²) in [6.07, 6.45) is 2.42. The van der Waals surface area contributed by atoms with Crippen LogP contribution >= 0.6 is 11.6 Å². The molecule has 0 saturated heterocycles. The van der Waals surface area contributed by atoms with Gasteiger partial charge in [-0.25, -0.2) is 0 Å². The molecule has 0 aliphatic rings. The van der Waals surface area contributed by atoms with Gasteiger partial charge in [0.05, 0.1) is 10.6 Å². The number of nitrogens with two attached hydrogens (primary N) is 1. The molecule has 14 heavy (non-hydrogen) atoms. The van der Waals surface area contributed by atoms with Gasteiger partial charge >= 0.3 is 0 Å². The highest BCUT2D eigenvalue weighted by Crippen LogP contribution is 2.29. The minimum atomic E-state index is 0.417. The molecule has 0 aliphatic carbocycles. The van der Waals surface area contributed by atoms with Crippen molar-refractivity contribution in [3.63, 3.8) is 0 Å². The van der Waals surface area contributed by atoms with Crippen molar-refractivity contribution in [1.29, 1.82) is 0 Å². The zero-order valence-corrected chi connectivity index (χ0v) is 9.19. The van der Waals surface area contributed by atoms with Gasteiger partial charge in [-0.2, -0.15) is 0 Å². The van der Waals surface area contributed by atoms with Gasteiger partial charge in [-0.05, 0) is 30.0 Å². The normalized spacial score (nSPS) is 10.2. The minimum absolute atomic E-state index is 0.417. The summed E-state index contributed by atoms with van der Waals surface area (Å²) in [5.74, 6) is 0. The van der Waals surface area contributed by atoms with E-state index >= 15 is 0 Å². The van der Waals surface area contributed by atoms with E-state index in [0.29, 0.717) is 16.3 Å². The zero-order chi connectivity index (χ0) is 10.7. The number of aryl methyl sites for hydroxylation is 1. The summed E-state index contributed by atoms with van der Waals surface area (Å²) < 4.78 is 0. The Kier molecular flexibility index (Phi) is 3.53. The number of carbonyl (C=O) groups excluding carboxylic acids is 1. The van der Waals surface area contributed by atoms with Crippen LogP contribution in [0.1, 0.15) is 35.3 Å². The lowest BCUT2D eigenvalue weighted by Gasteiger charge is -2.12.